The minimum atomic E-state index is 0.640. The van der Waals surface area contributed by atoms with Gasteiger partial charge in [0.25, 0.3) is 0 Å². The highest BCUT2D eigenvalue weighted by Gasteiger charge is 2.22. The highest BCUT2D eigenvalue weighted by Crippen LogP contribution is 2.46. The van der Waals surface area contributed by atoms with Crippen LogP contribution in [0.5, 0.6) is 0 Å². The van der Waals surface area contributed by atoms with Crippen molar-refractivity contribution in [2.75, 3.05) is 0 Å². The maximum Gasteiger partial charge on any atom is 0.165 e. The summed E-state index contributed by atoms with van der Waals surface area (Å²) in [5, 5.41) is 7.26. The Morgan fingerprint density at radius 3 is 1.65 bits per heavy atom. The SMILES string of the molecule is c1ccc(-c2cccc(-c3cccc4c3sc3c(-c5nc(-c6ccccc6)nc(-c6ccc7sc8ccccc8c7c6)n5)cc(-n5c6ccccc6c6ccccc65)cc34)c2)cc1. The van der Waals surface area contributed by atoms with Gasteiger partial charge in [-0.25, -0.2) is 15.0 Å². The van der Waals surface area contributed by atoms with Gasteiger partial charge in [-0.1, -0.05) is 152 Å². The fourth-order valence-electron chi connectivity index (χ4n) is 9.31. The van der Waals surface area contributed by atoms with E-state index in [0.717, 1.165) is 38.1 Å². The molecule has 0 N–H and O–H groups in total. The van der Waals surface area contributed by atoms with Crippen molar-refractivity contribution < 1.29 is 0 Å². The third-order valence-corrected chi connectivity index (χ3v) is 14.7. The molecule has 9 aromatic carbocycles. The van der Waals surface area contributed by atoms with E-state index >= 15 is 0 Å². The molecule has 13 aromatic rings. The molecule has 0 amide bonds. The molecule has 0 atom stereocenters. The monoisotopic (exact) mass is 838 g/mol. The normalized spacial score (nSPS) is 11.8. The number of hydrogen-bond acceptors (Lipinski definition) is 5. The molecule has 63 heavy (non-hydrogen) atoms. The molecule has 13 rings (SSSR count). The Bertz CT molecular complexity index is 3870. The molecule has 0 fully saturated rings. The average Bonchev–Trinajstić information content (AvgIpc) is 4.04. The third-order valence-electron chi connectivity index (χ3n) is 12.2. The van der Waals surface area contributed by atoms with Gasteiger partial charge >= 0.3 is 0 Å². The fraction of sp³-hybridized carbons (Fsp3) is 0. The van der Waals surface area contributed by atoms with E-state index < -0.39 is 0 Å². The molecule has 4 heterocycles. The van der Waals surface area contributed by atoms with Gasteiger partial charge in [-0.2, -0.15) is 0 Å². The van der Waals surface area contributed by atoms with Crippen LogP contribution in [0.1, 0.15) is 0 Å². The average molecular weight is 839 g/mol. The van der Waals surface area contributed by atoms with Crippen molar-refractivity contribution in [2.45, 2.75) is 0 Å². The minimum absolute atomic E-state index is 0.640. The van der Waals surface area contributed by atoms with Crippen molar-refractivity contribution in [3.05, 3.63) is 206 Å². The van der Waals surface area contributed by atoms with Crippen LogP contribution in [-0.4, -0.2) is 19.5 Å². The van der Waals surface area contributed by atoms with E-state index in [1.807, 2.05) is 40.9 Å². The first-order valence-corrected chi connectivity index (χ1v) is 22.7. The molecule has 0 aliphatic rings. The van der Waals surface area contributed by atoms with E-state index in [4.69, 9.17) is 15.0 Å². The number of thiophene rings is 2. The van der Waals surface area contributed by atoms with Gasteiger partial charge in [0.1, 0.15) is 0 Å². The molecule has 294 valence electrons. The van der Waals surface area contributed by atoms with Crippen LogP contribution in [0.4, 0.5) is 0 Å². The summed E-state index contributed by atoms with van der Waals surface area (Å²) in [7, 11) is 0. The minimum Gasteiger partial charge on any atom is -0.309 e. The van der Waals surface area contributed by atoms with Gasteiger partial charge < -0.3 is 4.57 Å². The van der Waals surface area contributed by atoms with Crippen LogP contribution in [0, 0.1) is 0 Å². The zero-order valence-electron chi connectivity index (χ0n) is 33.7. The van der Waals surface area contributed by atoms with E-state index in [9.17, 15) is 0 Å². The largest absolute Gasteiger partial charge is 0.309 e. The maximum absolute atomic E-state index is 5.44. The van der Waals surface area contributed by atoms with Crippen LogP contribution in [0.25, 0.3) is 124 Å². The highest BCUT2D eigenvalue weighted by atomic mass is 32.1. The summed E-state index contributed by atoms with van der Waals surface area (Å²) >= 11 is 3.63. The topological polar surface area (TPSA) is 43.6 Å². The Hall–Kier alpha value is -7.77. The van der Waals surface area contributed by atoms with Crippen molar-refractivity contribution in [1.29, 1.82) is 0 Å². The number of para-hydroxylation sites is 2. The van der Waals surface area contributed by atoms with Crippen LogP contribution in [0.15, 0.2) is 206 Å². The highest BCUT2D eigenvalue weighted by molar-refractivity contribution is 7.27. The summed E-state index contributed by atoms with van der Waals surface area (Å²) < 4.78 is 7.28. The van der Waals surface area contributed by atoms with Gasteiger partial charge in [0.05, 0.1) is 11.0 Å². The van der Waals surface area contributed by atoms with E-state index in [1.165, 1.54) is 68.7 Å². The summed E-state index contributed by atoms with van der Waals surface area (Å²) in [6, 6.07) is 73.9. The Kier molecular flexibility index (Phi) is 8.22. The molecule has 0 radical (unpaired) electrons. The van der Waals surface area contributed by atoms with Crippen LogP contribution >= 0.6 is 22.7 Å². The van der Waals surface area contributed by atoms with E-state index in [-0.39, 0.29) is 0 Å². The lowest BCUT2D eigenvalue weighted by Crippen LogP contribution is -2.01. The molecule has 0 unspecified atom stereocenters. The molecule has 0 spiro atoms. The van der Waals surface area contributed by atoms with Crippen molar-refractivity contribution in [3.63, 3.8) is 0 Å². The van der Waals surface area contributed by atoms with Crippen LogP contribution in [-0.2, 0) is 0 Å². The molecule has 0 aliphatic heterocycles. The standard InChI is InChI=1S/C57H34N4S2/c1-3-15-35(16-4-1)37-19-13-20-38(31-37)41-24-14-25-45-47-33-40(61-49-26-10-7-21-42(49)43-22-8-11-27-50(43)61)34-48(54(47)63-53(41)45)57-59-55(36-17-5-2-6-18-36)58-56(60-57)39-29-30-52-46(32-39)44-23-9-12-28-51(44)62-52/h1-34H. The molecular formula is C57H34N4S2. The van der Waals surface area contributed by atoms with Crippen LogP contribution in [0.3, 0.4) is 0 Å². The number of hydrogen-bond donors (Lipinski definition) is 0. The van der Waals surface area contributed by atoms with Crippen molar-refractivity contribution in [3.8, 4) is 62.1 Å². The third kappa shape index (κ3) is 5.91. The second-order valence-electron chi connectivity index (χ2n) is 16.0. The number of aromatic nitrogens is 4. The molecule has 0 aliphatic carbocycles. The van der Waals surface area contributed by atoms with Crippen LogP contribution in [0.2, 0.25) is 0 Å². The molecule has 6 heteroatoms. The first-order chi connectivity index (χ1) is 31.2. The molecule has 4 nitrogen and oxygen atoms in total. The quantitative estimate of drug-likeness (QED) is 0.168. The lowest BCUT2D eigenvalue weighted by atomic mass is 9.97. The Labute approximate surface area is 370 Å². The fourth-order valence-corrected chi connectivity index (χ4v) is 11.7. The molecular weight excluding hydrogens is 805 g/mol. The van der Waals surface area contributed by atoms with Gasteiger partial charge in [0.15, 0.2) is 17.5 Å². The number of benzene rings is 9. The number of rotatable bonds is 6. The van der Waals surface area contributed by atoms with Gasteiger partial charge in [-0.3, -0.25) is 0 Å². The summed E-state index contributed by atoms with van der Waals surface area (Å²) in [5.41, 5.74) is 11.0. The zero-order chi connectivity index (χ0) is 41.4. The van der Waals surface area contributed by atoms with Gasteiger partial charge in [-0.05, 0) is 76.9 Å². The Morgan fingerprint density at radius 2 is 0.873 bits per heavy atom. The van der Waals surface area contributed by atoms with Gasteiger partial charge in [0.2, 0.25) is 0 Å². The van der Waals surface area contributed by atoms with E-state index in [1.54, 1.807) is 0 Å². The second-order valence-corrected chi connectivity index (χ2v) is 18.1. The lowest BCUT2D eigenvalue weighted by Gasteiger charge is -2.13. The van der Waals surface area contributed by atoms with Crippen molar-refractivity contribution >= 4 is 84.8 Å². The number of fused-ring (bicyclic) bond motifs is 9. The predicted molar refractivity (Wildman–Crippen MR) is 267 cm³/mol. The molecule has 0 bridgehead atoms. The first kappa shape index (κ1) is 35.9. The predicted octanol–water partition coefficient (Wildman–Crippen LogP) is 16.0. The van der Waals surface area contributed by atoms with E-state index in [0.29, 0.717) is 17.5 Å². The van der Waals surface area contributed by atoms with Crippen molar-refractivity contribution in [1.82, 2.24) is 19.5 Å². The van der Waals surface area contributed by atoms with E-state index in [2.05, 4.69) is 193 Å². The summed E-state index contributed by atoms with van der Waals surface area (Å²) in [4.78, 5) is 16.0. The van der Waals surface area contributed by atoms with Gasteiger partial charge in [0, 0.05) is 73.5 Å². The van der Waals surface area contributed by atoms with Crippen LogP contribution < -0.4 is 0 Å². The summed E-state index contributed by atoms with van der Waals surface area (Å²) in [6.07, 6.45) is 0. The smallest absolute Gasteiger partial charge is 0.165 e. The lowest BCUT2D eigenvalue weighted by molar-refractivity contribution is 1.08. The molecule has 0 saturated heterocycles. The first-order valence-electron chi connectivity index (χ1n) is 21.1. The Balaban J connectivity index is 1.10. The maximum atomic E-state index is 5.44. The summed E-state index contributed by atoms with van der Waals surface area (Å²) in [5.74, 6) is 1.92. The molecule has 0 saturated carbocycles. The van der Waals surface area contributed by atoms with Crippen molar-refractivity contribution in [2.24, 2.45) is 0 Å². The zero-order valence-corrected chi connectivity index (χ0v) is 35.4. The Morgan fingerprint density at radius 1 is 0.302 bits per heavy atom. The second kappa shape index (κ2) is 14.4. The molecule has 4 aromatic heterocycles. The number of nitrogens with zero attached hydrogens (tertiary/aromatic N) is 4. The van der Waals surface area contributed by atoms with Gasteiger partial charge in [-0.15, -0.1) is 22.7 Å². The summed E-state index contributed by atoms with van der Waals surface area (Å²) in [6.45, 7) is 0.